The van der Waals surface area contributed by atoms with Crippen molar-refractivity contribution in [1.82, 2.24) is 69.1 Å². The molecule has 16 aromatic rings. The number of nitrogens with one attached hydrogen (secondary N) is 4. The molecule has 0 spiro atoms. The molecule has 0 aliphatic carbocycles. The summed E-state index contributed by atoms with van der Waals surface area (Å²) in [7, 11) is 1.65. The van der Waals surface area contributed by atoms with Crippen LogP contribution in [0.3, 0.4) is 0 Å². The summed E-state index contributed by atoms with van der Waals surface area (Å²) < 4.78 is 26.6. The van der Waals surface area contributed by atoms with E-state index in [1.54, 1.807) is 37.8 Å². The summed E-state index contributed by atoms with van der Waals surface area (Å²) in [5, 5.41) is 19.1. The average Bonchev–Trinajstić information content (AvgIpc) is 1.64. The van der Waals surface area contributed by atoms with Crippen LogP contribution in [0.1, 0.15) is 151 Å². The molecule has 1 unspecified atom stereocenters. The molecule has 10 heterocycles. The fourth-order valence-corrected chi connectivity index (χ4v) is 20.4. The van der Waals surface area contributed by atoms with E-state index in [1.165, 1.54) is 12.1 Å². The zero-order chi connectivity index (χ0) is 102. The number of aromatic nitrogens is 6. The lowest BCUT2D eigenvalue weighted by Crippen LogP contribution is -2.43. The molecule has 4 aliphatic rings. The number of likely N-dealkylation sites (tertiary alicyclic amines) is 4. The largest absolute Gasteiger partial charge is 0.497 e. The van der Waals surface area contributed by atoms with Crippen molar-refractivity contribution < 1.29 is 47.5 Å². The van der Waals surface area contributed by atoms with Crippen molar-refractivity contribution in [3.05, 3.63) is 409 Å². The number of piperidine rings is 4. The number of carbonyl (C=O) groups is 8. The van der Waals surface area contributed by atoms with Crippen LogP contribution in [0.5, 0.6) is 5.75 Å². The second-order valence-electron chi connectivity index (χ2n) is 37.9. The van der Waals surface area contributed by atoms with E-state index in [2.05, 4.69) is 49.5 Å². The van der Waals surface area contributed by atoms with Crippen molar-refractivity contribution >= 4 is 137 Å². The highest BCUT2D eigenvalue weighted by atomic mass is 35.5. The summed E-state index contributed by atoms with van der Waals surface area (Å²) in [6.45, 7) is 10.4. The van der Waals surface area contributed by atoms with Gasteiger partial charge in [0.05, 0.1) is 13.2 Å². The summed E-state index contributed by atoms with van der Waals surface area (Å²) in [5.41, 5.74) is 15.3. The number of hydrogen-bond donors (Lipinski definition) is 4. The Bertz CT molecular complexity index is 7240. The van der Waals surface area contributed by atoms with Gasteiger partial charge in [-0.2, -0.15) is 0 Å². The van der Waals surface area contributed by atoms with Crippen LogP contribution in [0.4, 0.5) is 4.39 Å². The molecule has 0 radical (unpaired) electrons. The SMILES string of the molecule is CC(NC(=O)C1CCN(C(=O)c2cc3ccccc3n2Cc2ccc(Cl)cc2)CC1)c1ccncc1.COc1cccc(CCNC(=O)C2CCN(C(=O)c3cc4ccccc4n3Cc3ccc(Cl)cc3)CC2)c1.O=C(NCCc1ccc(F)cc1)C1CCN(C(=O)c2cc3ccccc3n2Cc2ccc(Cl)cc2)CC1.O=C(NCCc1cccnc1)C1CCN(C(=O)c2cc3ccccc3n2Cc2ccc(Cl)cc2)CC1. The van der Waals surface area contributed by atoms with Crippen molar-refractivity contribution in [2.45, 2.75) is 110 Å². The lowest BCUT2D eigenvalue weighted by atomic mass is 9.95. The van der Waals surface area contributed by atoms with E-state index in [9.17, 15) is 42.7 Å². The Morgan fingerprint density at radius 1 is 0.327 bits per heavy atom. The van der Waals surface area contributed by atoms with E-state index in [4.69, 9.17) is 51.1 Å². The van der Waals surface area contributed by atoms with Gasteiger partial charge in [-0.25, -0.2) is 4.39 Å². The summed E-state index contributed by atoms with van der Waals surface area (Å²) >= 11 is 24.3. The van der Waals surface area contributed by atoms with E-state index >= 15 is 0 Å². The summed E-state index contributed by atoms with van der Waals surface area (Å²) in [6, 6.07) is 92.8. The first-order valence-electron chi connectivity index (χ1n) is 50.3. The molecule has 4 fully saturated rings. The predicted octanol–water partition coefficient (Wildman–Crippen LogP) is 21.7. The van der Waals surface area contributed by atoms with Gasteiger partial charge in [0.1, 0.15) is 34.3 Å². The number of pyridine rings is 2. The number of ether oxygens (including phenoxy) is 1. The molecule has 4 aliphatic heterocycles. The molecule has 10 aromatic carbocycles. The van der Waals surface area contributed by atoms with Crippen LogP contribution in [0.25, 0.3) is 43.6 Å². The molecule has 754 valence electrons. The van der Waals surface area contributed by atoms with E-state index in [1.807, 2.05) is 300 Å². The minimum absolute atomic E-state index is 0.00387. The van der Waals surface area contributed by atoms with Gasteiger partial charge in [0.25, 0.3) is 23.6 Å². The maximum absolute atomic E-state index is 13.7. The van der Waals surface area contributed by atoms with E-state index in [-0.39, 0.29) is 82.8 Å². The van der Waals surface area contributed by atoms with Crippen LogP contribution in [-0.4, -0.2) is 174 Å². The van der Waals surface area contributed by atoms with Crippen molar-refractivity contribution in [2.75, 3.05) is 79.1 Å². The molecule has 28 heteroatoms. The molecule has 8 amide bonds. The Balaban J connectivity index is 0.000000134. The number of halogens is 5. The maximum atomic E-state index is 13.7. The topological polar surface area (TPSA) is 252 Å². The molecule has 0 bridgehead atoms. The normalized spacial score (nSPS) is 14.4. The third-order valence-corrected chi connectivity index (χ3v) is 29.2. The Morgan fingerprint density at radius 3 is 0.946 bits per heavy atom. The first kappa shape index (κ1) is 104. The summed E-state index contributed by atoms with van der Waals surface area (Å²) in [4.78, 5) is 121. The second kappa shape index (κ2) is 49.9. The number of nitrogens with zero attached hydrogens (tertiary/aromatic N) is 10. The second-order valence-corrected chi connectivity index (χ2v) is 39.7. The number of amides is 8. The zero-order valence-electron chi connectivity index (χ0n) is 82.3. The Labute approximate surface area is 875 Å². The van der Waals surface area contributed by atoms with Crippen LogP contribution < -0.4 is 26.0 Å². The number of para-hydroxylation sites is 4. The number of hydrogen-bond acceptors (Lipinski definition) is 11. The molecule has 0 saturated carbocycles. The molecule has 4 N–H and O–H groups in total. The number of carbonyl (C=O) groups excluding carboxylic acids is 8. The fraction of sp³-hybridized carbons (Fsp3) is 0.277. The fourth-order valence-electron chi connectivity index (χ4n) is 19.9. The van der Waals surface area contributed by atoms with E-state index in [0.29, 0.717) is 199 Å². The third-order valence-electron chi connectivity index (χ3n) is 28.2. The quantitative estimate of drug-likeness (QED) is 0.0359. The van der Waals surface area contributed by atoms with Gasteiger partial charge in [-0.05, 0) is 262 Å². The van der Waals surface area contributed by atoms with Crippen molar-refractivity contribution in [1.29, 1.82) is 0 Å². The van der Waals surface area contributed by atoms with Gasteiger partial charge >= 0.3 is 0 Å². The van der Waals surface area contributed by atoms with Crippen molar-refractivity contribution in [3.8, 4) is 5.75 Å². The summed E-state index contributed by atoms with van der Waals surface area (Å²) in [6.07, 6.45) is 14.4. The first-order valence-corrected chi connectivity index (χ1v) is 51.9. The van der Waals surface area contributed by atoms with Gasteiger partial charge in [-0.1, -0.05) is 198 Å². The van der Waals surface area contributed by atoms with Crippen molar-refractivity contribution in [2.24, 2.45) is 23.7 Å². The number of benzene rings is 10. The van der Waals surface area contributed by atoms with Gasteiger partial charge in [-0.3, -0.25) is 48.3 Å². The van der Waals surface area contributed by atoms with Gasteiger partial charge in [0.15, 0.2) is 0 Å². The molecule has 23 nitrogen and oxygen atoms in total. The van der Waals surface area contributed by atoms with Crippen LogP contribution in [-0.2, 0) is 64.6 Å². The van der Waals surface area contributed by atoms with Crippen LogP contribution in [0.15, 0.2) is 316 Å². The standard InChI is InChI=1S/C31H32ClN3O3.C30H29ClFN3O2.2C29H29ClN4O2/c1-38-27-7-4-5-22(19-27)13-16-33-30(36)24-14-17-34(18-15-24)31(37)29-20-25-6-2-3-8-28(25)35(29)21-23-9-11-26(32)12-10-23;31-25-9-5-22(6-10-25)20-35-27-4-2-1-3-24(27)19-28(35)30(37)34-17-14-23(15-18-34)29(36)33-16-13-21-7-11-26(32)12-8-21;1-20(22-10-14-31-15-11-22)32-28(35)23-12-16-33(17-13-23)29(36)27-18-24-4-2-3-5-26(24)34(27)19-21-6-8-25(30)9-7-21;30-25-9-7-22(8-10-25)20-34-26-6-2-1-5-24(26)18-27(34)29(36)33-16-12-23(13-17-33)28(35)32-15-11-21-4-3-14-31-19-21/h2-12,19-20,24H,13-18,21H2,1H3,(H,33,36);1-12,19,23H,13-18,20H2,(H,33,36);2-11,14-15,18,20,23H,12-13,16-17,19H2,1H3,(H,32,35);1-10,14,18-19,23H,11-13,15-17,20H2,(H,32,35). The smallest absolute Gasteiger partial charge is 0.270 e. The van der Waals surface area contributed by atoms with Gasteiger partial charge in [0.2, 0.25) is 23.6 Å². The molecular formula is C119H119Cl4FN14O9. The lowest BCUT2D eigenvalue weighted by molar-refractivity contribution is -0.127. The Morgan fingerprint density at radius 2 is 0.626 bits per heavy atom. The minimum atomic E-state index is -0.264. The lowest BCUT2D eigenvalue weighted by Gasteiger charge is -2.32. The van der Waals surface area contributed by atoms with E-state index < -0.39 is 0 Å². The maximum Gasteiger partial charge on any atom is 0.270 e. The van der Waals surface area contributed by atoms with Crippen LogP contribution >= 0.6 is 46.4 Å². The number of fused-ring (bicyclic) bond motifs is 4. The van der Waals surface area contributed by atoms with Gasteiger partial charge in [0, 0.05) is 210 Å². The van der Waals surface area contributed by atoms with E-state index in [0.717, 1.165) is 107 Å². The molecule has 6 aromatic heterocycles. The molecular weight excluding hydrogens is 1930 g/mol. The van der Waals surface area contributed by atoms with Crippen molar-refractivity contribution in [3.63, 3.8) is 0 Å². The van der Waals surface area contributed by atoms with Crippen LogP contribution in [0.2, 0.25) is 20.1 Å². The predicted molar refractivity (Wildman–Crippen MR) is 579 cm³/mol. The number of methoxy groups -OCH3 is 1. The first-order chi connectivity index (χ1) is 71.6. The Hall–Kier alpha value is -14.7. The van der Waals surface area contributed by atoms with Gasteiger partial charge < -0.3 is 63.9 Å². The van der Waals surface area contributed by atoms with Crippen LogP contribution in [0, 0.1) is 29.5 Å². The zero-order valence-corrected chi connectivity index (χ0v) is 85.4. The monoisotopic (exact) mass is 2050 g/mol. The molecule has 147 heavy (non-hydrogen) atoms. The molecule has 20 rings (SSSR count). The highest BCUT2D eigenvalue weighted by molar-refractivity contribution is 6.31. The number of rotatable bonds is 28. The Kier molecular flexibility index (Phi) is 35.2. The summed E-state index contributed by atoms with van der Waals surface area (Å²) in [5.74, 6) is 0.404. The minimum Gasteiger partial charge on any atom is -0.497 e. The highest BCUT2D eigenvalue weighted by Gasteiger charge is 2.36. The third kappa shape index (κ3) is 27.0. The molecule has 1 atom stereocenters. The van der Waals surface area contributed by atoms with Gasteiger partial charge in [-0.15, -0.1) is 0 Å². The highest BCUT2D eigenvalue weighted by Crippen LogP contribution is 2.34. The molecule has 4 saturated heterocycles. The average molecular weight is 2050 g/mol.